The van der Waals surface area contributed by atoms with E-state index in [1.54, 1.807) is 4.90 Å². The standard InChI is InChI=1S/C6H11N2OS/c1-7-4-5(9)8(2,3)6(7)10/h4H2,1-3H3/q+1. The Morgan fingerprint density at radius 3 is 2.20 bits per heavy atom. The van der Waals surface area contributed by atoms with Crippen LogP contribution in [0.25, 0.3) is 0 Å². The lowest BCUT2D eigenvalue weighted by molar-refractivity contribution is -0.712. The van der Waals surface area contributed by atoms with Gasteiger partial charge >= 0.3 is 5.91 Å². The molecule has 0 spiro atoms. The Bertz CT molecular complexity index is 200. The summed E-state index contributed by atoms with van der Waals surface area (Å²) >= 11 is 5.03. The largest absolute Gasteiger partial charge is 0.339 e. The van der Waals surface area contributed by atoms with E-state index in [0.717, 1.165) is 0 Å². The number of carbonyl (C=O) groups excluding carboxylic acids is 1. The average molecular weight is 159 g/mol. The first-order valence-electron chi connectivity index (χ1n) is 3.09. The zero-order chi connectivity index (χ0) is 7.94. The van der Waals surface area contributed by atoms with Crippen molar-refractivity contribution >= 4 is 23.2 Å². The maximum atomic E-state index is 11.2. The van der Waals surface area contributed by atoms with Crippen molar-refractivity contribution < 1.29 is 9.28 Å². The van der Waals surface area contributed by atoms with E-state index in [-0.39, 0.29) is 10.4 Å². The van der Waals surface area contributed by atoms with E-state index in [1.807, 2.05) is 21.1 Å². The number of carbonyl (C=O) groups is 1. The van der Waals surface area contributed by atoms with Crippen LogP contribution in [0.4, 0.5) is 0 Å². The van der Waals surface area contributed by atoms with Crippen LogP contribution in [0, 0.1) is 0 Å². The first-order valence-corrected chi connectivity index (χ1v) is 3.50. The summed E-state index contributed by atoms with van der Waals surface area (Å²) in [6.45, 7) is 0.450. The van der Waals surface area contributed by atoms with Gasteiger partial charge in [-0.3, -0.25) is 0 Å². The molecule has 4 heteroatoms. The number of nitrogens with zero attached hydrogens (tertiary/aromatic N) is 2. The second kappa shape index (κ2) is 2.00. The summed E-state index contributed by atoms with van der Waals surface area (Å²) in [5.41, 5.74) is 0. The van der Waals surface area contributed by atoms with Crippen molar-refractivity contribution in [2.45, 2.75) is 0 Å². The van der Waals surface area contributed by atoms with Gasteiger partial charge in [-0.2, -0.15) is 0 Å². The summed E-state index contributed by atoms with van der Waals surface area (Å²) in [5.74, 6) is 0.160. The lowest BCUT2D eigenvalue weighted by atomic mass is 10.5. The first kappa shape index (κ1) is 7.63. The Morgan fingerprint density at radius 1 is 1.60 bits per heavy atom. The molecule has 1 aliphatic heterocycles. The van der Waals surface area contributed by atoms with Gasteiger partial charge in [-0.25, -0.2) is 9.28 Å². The van der Waals surface area contributed by atoms with Crippen LogP contribution in [-0.2, 0) is 4.79 Å². The Kier molecular flexibility index (Phi) is 1.53. The summed E-state index contributed by atoms with van der Waals surface area (Å²) in [4.78, 5) is 13.0. The molecule has 1 aliphatic rings. The third-order valence-electron chi connectivity index (χ3n) is 1.80. The molecule has 1 fully saturated rings. The molecular weight excluding hydrogens is 148 g/mol. The van der Waals surface area contributed by atoms with Crippen molar-refractivity contribution in [3.05, 3.63) is 0 Å². The molecule has 0 aromatic carbocycles. The summed E-state index contributed by atoms with van der Waals surface area (Å²) in [5, 5.41) is 0.699. The van der Waals surface area contributed by atoms with Crippen molar-refractivity contribution in [3.8, 4) is 0 Å². The fraction of sp³-hybridized carbons (Fsp3) is 0.667. The zero-order valence-electron chi connectivity index (χ0n) is 6.42. The minimum Gasteiger partial charge on any atom is -0.307 e. The maximum Gasteiger partial charge on any atom is 0.339 e. The molecule has 0 aromatic heterocycles. The number of thiocarbonyl (C=S) groups is 1. The van der Waals surface area contributed by atoms with Crippen molar-refractivity contribution in [3.63, 3.8) is 0 Å². The molecule has 56 valence electrons. The molecule has 10 heavy (non-hydrogen) atoms. The Balaban J connectivity index is 2.96. The SMILES string of the molecule is CN1CC(=O)[N+](C)(C)C1=S. The fourth-order valence-electron chi connectivity index (χ4n) is 0.981. The van der Waals surface area contributed by atoms with Gasteiger partial charge in [0.2, 0.25) is 0 Å². The summed E-state index contributed by atoms with van der Waals surface area (Å²) < 4.78 is 0.228. The number of likely N-dealkylation sites (N-methyl/N-ethyl adjacent to an activating group) is 2. The van der Waals surface area contributed by atoms with Gasteiger partial charge in [0.05, 0.1) is 14.1 Å². The highest BCUT2D eigenvalue weighted by molar-refractivity contribution is 7.80. The highest BCUT2D eigenvalue weighted by atomic mass is 32.1. The Morgan fingerprint density at radius 2 is 2.10 bits per heavy atom. The van der Waals surface area contributed by atoms with E-state index < -0.39 is 0 Å². The molecule has 0 bridgehead atoms. The van der Waals surface area contributed by atoms with Gasteiger partial charge in [-0.05, 0) is 0 Å². The second-order valence-corrected chi connectivity index (χ2v) is 3.35. The fourth-order valence-corrected chi connectivity index (χ4v) is 1.15. The molecule has 1 amide bonds. The molecule has 1 rings (SSSR count). The van der Waals surface area contributed by atoms with Gasteiger partial charge in [0, 0.05) is 19.3 Å². The van der Waals surface area contributed by atoms with Crippen molar-refractivity contribution in [2.75, 3.05) is 27.7 Å². The quantitative estimate of drug-likeness (QED) is 0.361. The van der Waals surface area contributed by atoms with Crippen LogP contribution in [0.2, 0.25) is 0 Å². The van der Waals surface area contributed by atoms with Crippen LogP contribution in [-0.4, -0.2) is 48.1 Å². The monoisotopic (exact) mass is 159 g/mol. The minimum absolute atomic E-state index is 0.160. The average Bonchev–Trinajstić information content (AvgIpc) is 1.97. The summed E-state index contributed by atoms with van der Waals surface area (Å²) in [6, 6.07) is 0. The van der Waals surface area contributed by atoms with E-state index in [9.17, 15) is 4.79 Å². The molecule has 0 atom stereocenters. The summed E-state index contributed by atoms with van der Waals surface area (Å²) in [6.07, 6.45) is 0. The van der Waals surface area contributed by atoms with Gasteiger partial charge in [0.25, 0.3) is 5.11 Å². The van der Waals surface area contributed by atoms with Gasteiger partial charge in [-0.15, -0.1) is 0 Å². The predicted octanol–water partition coefficient (Wildman–Crippen LogP) is -0.180. The number of rotatable bonds is 0. The van der Waals surface area contributed by atoms with Gasteiger partial charge in [0.15, 0.2) is 0 Å². The molecule has 1 saturated heterocycles. The lowest BCUT2D eigenvalue weighted by Crippen LogP contribution is -2.45. The molecule has 0 unspecified atom stereocenters. The number of hydrogen-bond donors (Lipinski definition) is 0. The van der Waals surface area contributed by atoms with E-state index >= 15 is 0 Å². The molecule has 3 nitrogen and oxygen atoms in total. The molecular formula is C6H11N2OS+. The van der Waals surface area contributed by atoms with Gasteiger partial charge in [-0.1, -0.05) is 0 Å². The van der Waals surface area contributed by atoms with Crippen LogP contribution >= 0.6 is 12.2 Å². The van der Waals surface area contributed by atoms with E-state index in [1.165, 1.54) is 0 Å². The third kappa shape index (κ3) is 0.839. The number of quaternary nitrogens is 1. The topological polar surface area (TPSA) is 20.3 Å². The molecule has 0 radical (unpaired) electrons. The van der Waals surface area contributed by atoms with Gasteiger partial charge in [0.1, 0.15) is 6.54 Å². The Hall–Kier alpha value is -0.480. The summed E-state index contributed by atoms with van der Waals surface area (Å²) in [7, 11) is 5.47. The van der Waals surface area contributed by atoms with E-state index in [2.05, 4.69) is 0 Å². The molecule has 0 saturated carbocycles. The van der Waals surface area contributed by atoms with Crippen molar-refractivity contribution in [1.29, 1.82) is 0 Å². The minimum atomic E-state index is 0.160. The smallest absolute Gasteiger partial charge is 0.307 e. The van der Waals surface area contributed by atoms with Gasteiger partial charge < -0.3 is 4.90 Å². The molecule has 0 aromatic rings. The van der Waals surface area contributed by atoms with E-state index in [4.69, 9.17) is 12.2 Å². The van der Waals surface area contributed by atoms with Crippen LogP contribution in [0.3, 0.4) is 0 Å². The maximum absolute atomic E-state index is 11.2. The number of hydrogen-bond acceptors (Lipinski definition) is 2. The van der Waals surface area contributed by atoms with Crippen LogP contribution in [0.5, 0.6) is 0 Å². The normalized spacial score (nSPS) is 24.1. The molecule has 1 heterocycles. The molecule has 0 N–H and O–H groups in total. The zero-order valence-corrected chi connectivity index (χ0v) is 7.23. The van der Waals surface area contributed by atoms with Crippen molar-refractivity contribution in [2.24, 2.45) is 0 Å². The van der Waals surface area contributed by atoms with E-state index in [0.29, 0.717) is 11.7 Å². The van der Waals surface area contributed by atoms with Crippen LogP contribution in [0.15, 0.2) is 0 Å². The Labute approximate surface area is 65.8 Å². The highest BCUT2D eigenvalue weighted by Gasteiger charge is 2.42. The number of amides is 1. The second-order valence-electron chi connectivity index (χ2n) is 2.99. The molecule has 0 aliphatic carbocycles. The predicted molar refractivity (Wildman–Crippen MR) is 42.3 cm³/mol. The highest BCUT2D eigenvalue weighted by Crippen LogP contribution is 2.13. The van der Waals surface area contributed by atoms with Crippen LogP contribution < -0.4 is 0 Å². The third-order valence-corrected chi connectivity index (χ3v) is 2.57. The first-order chi connectivity index (χ1) is 4.46. The van der Waals surface area contributed by atoms with Crippen molar-refractivity contribution in [1.82, 2.24) is 4.90 Å². The van der Waals surface area contributed by atoms with Crippen LogP contribution in [0.1, 0.15) is 0 Å². The lowest BCUT2D eigenvalue weighted by Gasteiger charge is -2.18.